The lowest BCUT2D eigenvalue weighted by Gasteiger charge is -2.30. The van der Waals surface area contributed by atoms with Gasteiger partial charge in [0.05, 0.1) is 0 Å². The average Bonchev–Trinajstić information content (AvgIpc) is 3.45. The quantitative estimate of drug-likeness (QED) is 0.238. The van der Waals surface area contributed by atoms with Gasteiger partial charge in [-0.2, -0.15) is 5.10 Å². The number of anilines is 1. The SMILES string of the molecule is CN=C(NCc1cccc(NC(=O)Cn2cccn2)c1)NCC1(CCOC)CCCC1.I. The highest BCUT2D eigenvalue weighted by Gasteiger charge is 2.33. The Kier molecular flexibility index (Phi) is 10.9. The van der Waals surface area contributed by atoms with Gasteiger partial charge in [0.25, 0.3) is 0 Å². The maximum Gasteiger partial charge on any atom is 0.246 e. The Hall–Kier alpha value is -2.14. The van der Waals surface area contributed by atoms with Crippen molar-refractivity contribution in [3.63, 3.8) is 0 Å². The van der Waals surface area contributed by atoms with E-state index >= 15 is 0 Å². The van der Waals surface area contributed by atoms with Gasteiger partial charge in [-0.15, -0.1) is 24.0 Å². The van der Waals surface area contributed by atoms with E-state index in [0.717, 1.165) is 36.8 Å². The molecule has 3 rings (SSSR count). The monoisotopic (exact) mass is 554 g/mol. The Labute approximate surface area is 207 Å². The summed E-state index contributed by atoms with van der Waals surface area (Å²) in [6.07, 6.45) is 9.55. The molecule has 32 heavy (non-hydrogen) atoms. The van der Waals surface area contributed by atoms with Gasteiger partial charge in [-0.3, -0.25) is 14.5 Å². The van der Waals surface area contributed by atoms with Crippen molar-refractivity contribution in [1.29, 1.82) is 0 Å². The zero-order chi connectivity index (χ0) is 21.9. The van der Waals surface area contributed by atoms with Crippen molar-refractivity contribution in [3.8, 4) is 0 Å². The van der Waals surface area contributed by atoms with E-state index in [0.29, 0.717) is 12.0 Å². The van der Waals surface area contributed by atoms with Gasteiger partial charge in [0.15, 0.2) is 5.96 Å². The number of benzene rings is 1. The molecule has 0 bridgehead atoms. The van der Waals surface area contributed by atoms with Crippen molar-refractivity contribution < 1.29 is 9.53 Å². The molecule has 1 aromatic carbocycles. The number of hydrogen-bond acceptors (Lipinski definition) is 4. The molecular weight excluding hydrogens is 519 g/mol. The first-order chi connectivity index (χ1) is 15.1. The molecule has 0 unspecified atom stereocenters. The van der Waals surface area contributed by atoms with Gasteiger partial charge in [-0.1, -0.05) is 25.0 Å². The van der Waals surface area contributed by atoms with Crippen molar-refractivity contribution in [2.45, 2.75) is 45.2 Å². The topological polar surface area (TPSA) is 92.6 Å². The Morgan fingerprint density at radius 1 is 1.25 bits per heavy atom. The van der Waals surface area contributed by atoms with Crippen LogP contribution in [0.1, 0.15) is 37.7 Å². The van der Waals surface area contributed by atoms with Gasteiger partial charge in [0.1, 0.15) is 6.54 Å². The number of ether oxygens (including phenoxy) is 1. The number of hydrogen-bond donors (Lipinski definition) is 3. The van der Waals surface area contributed by atoms with E-state index in [2.05, 4.69) is 26.0 Å². The summed E-state index contributed by atoms with van der Waals surface area (Å²) < 4.78 is 6.92. The molecule has 1 heterocycles. The van der Waals surface area contributed by atoms with Crippen molar-refractivity contribution in [3.05, 3.63) is 48.3 Å². The molecule has 1 saturated carbocycles. The number of amides is 1. The largest absolute Gasteiger partial charge is 0.385 e. The molecule has 176 valence electrons. The number of nitrogens with zero attached hydrogens (tertiary/aromatic N) is 3. The summed E-state index contributed by atoms with van der Waals surface area (Å²) in [6.45, 7) is 2.51. The molecule has 1 aromatic heterocycles. The van der Waals surface area contributed by atoms with Crippen molar-refractivity contribution >= 4 is 41.5 Å². The number of methoxy groups -OCH3 is 1. The lowest BCUT2D eigenvalue weighted by Crippen LogP contribution is -2.43. The number of carbonyl (C=O) groups is 1. The number of guanidine groups is 1. The van der Waals surface area contributed by atoms with E-state index < -0.39 is 0 Å². The standard InChI is InChI=1S/C23H34N6O2.HI/c1-24-22(26-18-23(11-14-31-2)9-3-4-10-23)25-16-19-7-5-8-20(15-19)28-21(30)17-29-13-6-12-27-29;/h5-8,12-13,15H,3-4,9-11,14,16-18H2,1-2H3,(H,28,30)(H2,24,25,26);1H. The minimum absolute atomic E-state index is 0. The van der Waals surface area contributed by atoms with Crippen molar-refractivity contribution in [2.24, 2.45) is 10.4 Å². The van der Waals surface area contributed by atoms with Crippen LogP contribution in [0.2, 0.25) is 0 Å². The van der Waals surface area contributed by atoms with Gasteiger partial charge in [-0.05, 0) is 48.4 Å². The molecule has 9 heteroatoms. The maximum absolute atomic E-state index is 12.2. The third-order valence-electron chi connectivity index (χ3n) is 5.89. The van der Waals surface area contributed by atoms with Crippen LogP contribution < -0.4 is 16.0 Å². The molecule has 2 aromatic rings. The Morgan fingerprint density at radius 3 is 2.75 bits per heavy atom. The minimum Gasteiger partial charge on any atom is -0.385 e. The summed E-state index contributed by atoms with van der Waals surface area (Å²) >= 11 is 0. The second kappa shape index (κ2) is 13.4. The molecule has 8 nitrogen and oxygen atoms in total. The second-order valence-corrected chi connectivity index (χ2v) is 8.18. The predicted octanol–water partition coefficient (Wildman–Crippen LogP) is 3.40. The first-order valence-electron chi connectivity index (χ1n) is 10.9. The summed E-state index contributed by atoms with van der Waals surface area (Å²) in [5, 5.41) is 13.9. The van der Waals surface area contributed by atoms with Crippen LogP contribution in [0.25, 0.3) is 0 Å². The summed E-state index contributed by atoms with van der Waals surface area (Å²) in [5.41, 5.74) is 2.13. The van der Waals surface area contributed by atoms with Gasteiger partial charge >= 0.3 is 0 Å². The van der Waals surface area contributed by atoms with Gasteiger partial charge in [-0.25, -0.2) is 0 Å². The number of halogens is 1. The van der Waals surface area contributed by atoms with E-state index in [9.17, 15) is 4.79 Å². The van der Waals surface area contributed by atoms with Crippen molar-refractivity contribution in [2.75, 3.05) is 32.6 Å². The Morgan fingerprint density at radius 2 is 2.06 bits per heavy atom. The van der Waals surface area contributed by atoms with Gasteiger partial charge in [0, 0.05) is 51.9 Å². The summed E-state index contributed by atoms with van der Waals surface area (Å²) in [6, 6.07) is 9.62. The smallest absolute Gasteiger partial charge is 0.246 e. The third-order valence-corrected chi connectivity index (χ3v) is 5.89. The van der Waals surface area contributed by atoms with E-state index in [1.54, 1.807) is 37.3 Å². The molecule has 0 aliphatic heterocycles. The first-order valence-corrected chi connectivity index (χ1v) is 10.9. The summed E-state index contributed by atoms with van der Waals surface area (Å²) in [7, 11) is 3.56. The highest BCUT2D eigenvalue weighted by atomic mass is 127. The summed E-state index contributed by atoms with van der Waals surface area (Å²) in [5.74, 6) is 0.681. The van der Waals surface area contributed by atoms with Crippen LogP contribution in [0.5, 0.6) is 0 Å². The van der Waals surface area contributed by atoms with E-state index in [-0.39, 0.29) is 36.4 Å². The fraction of sp³-hybridized carbons (Fsp3) is 0.522. The Bertz CT molecular complexity index is 850. The Balaban J connectivity index is 0.00000363. The normalized spacial score (nSPS) is 15.1. The average molecular weight is 554 g/mol. The number of aromatic nitrogens is 2. The van der Waals surface area contributed by atoms with Crippen molar-refractivity contribution in [1.82, 2.24) is 20.4 Å². The lowest BCUT2D eigenvalue weighted by atomic mass is 9.83. The molecule has 0 spiro atoms. The molecule has 1 aliphatic carbocycles. The highest BCUT2D eigenvalue weighted by molar-refractivity contribution is 14.0. The zero-order valence-electron chi connectivity index (χ0n) is 19.0. The van der Waals surface area contributed by atoms with Gasteiger partial charge in [0.2, 0.25) is 5.91 Å². The molecule has 3 N–H and O–H groups in total. The second-order valence-electron chi connectivity index (χ2n) is 8.18. The van der Waals surface area contributed by atoms with Crippen LogP contribution in [0.15, 0.2) is 47.7 Å². The highest BCUT2D eigenvalue weighted by Crippen LogP contribution is 2.40. The lowest BCUT2D eigenvalue weighted by molar-refractivity contribution is -0.116. The first kappa shape index (κ1) is 26.1. The van der Waals surface area contributed by atoms with Crippen LogP contribution in [0, 0.1) is 5.41 Å². The van der Waals surface area contributed by atoms with Crippen LogP contribution >= 0.6 is 24.0 Å². The zero-order valence-corrected chi connectivity index (χ0v) is 21.3. The number of aliphatic imine (C=N–C) groups is 1. The third kappa shape index (κ3) is 8.09. The minimum atomic E-state index is -0.107. The fourth-order valence-electron chi connectivity index (χ4n) is 4.14. The molecule has 1 amide bonds. The van der Waals surface area contributed by atoms with Crippen LogP contribution in [0.4, 0.5) is 5.69 Å². The van der Waals surface area contributed by atoms with E-state index in [1.807, 2.05) is 24.3 Å². The predicted molar refractivity (Wildman–Crippen MR) is 138 cm³/mol. The summed E-state index contributed by atoms with van der Waals surface area (Å²) in [4.78, 5) is 16.6. The van der Waals surface area contributed by atoms with E-state index in [1.165, 1.54) is 25.7 Å². The molecule has 0 radical (unpaired) electrons. The maximum atomic E-state index is 12.2. The molecular formula is C23H35IN6O2. The molecule has 0 atom stereocenters. The number of carbonyl (C=O) groups excluding carboxylic acids is 1. The number of rotatable bonds is 10. The van der Waals surface area contributed by atoms with Gasteiger partial charge < -0.3 is 20.7 Å². The molecule has 1 aliphatic rings. The molecule has 1 fully saturated rings. The molecule has 0 saturated heterocycles. The van der Waals surface area contributed by atoms with Crippen LogP contribution in [-0.2, 0) is 22.6 Å². The fourth-order valence-corrected chi connectivity index (χ4v) is 4.14. The van der Waals surface area contributed by atoms with Crippen LogP contribution in [0.3, 0.4) is 0 Å². The van der Waals surface area contributed by atoms with E-state index in [4.69, 9.17) is 4.74 Å². The van der Waals surface area contributed by atoms with Crippen LogP contribution in [-0.4, -0.2) is 49.0 Å². The number of nitrogens with one attached hydrogen (secondary N) is 3.